The number of aromatic hydroxyl groups is 1. The molecule has 27 heavy (non-hydrogen) atoms. The molecule has 1 aliphatic heterocycles. The number of nitrogens with zero attached hydrogens (tertiary/aromatic N) is 2. The van der Waals surface area contributed by atoms with Gasteiger partial charge in [0.15, 0.2) is 6.29 Å². The molecule has 1 aromatic carbocycles. The molecule has 2 N–H and O–H groups in total. The van der Waals surface area contributed by atoms with Crippen LogP contribution in [-0.2, 0) is 20.8 Å². The molecule has 0 saturated carbocycles. The van der Waals surface area contributed by atoms with Crippen LogP contribution >= 0.6 is 0 Å². The molecule has 1 fully saturated rings. The van der Waals surface area contributed by atoms with E-state index in [1.165, 1.54) is 0 Å². The van der Waals surface area contributed by atoms with E-state index in [0.717, 1.165) is 5.56 Å². The highest BCUT2D eigenvalue weighted by Gasteiger charge is 2.34. The lowest BCUT2D eigenvalue weighted by atomic mass is 9.91. The molecule has 1 aromatic heterocycles. The van der Waals surface area contributed by atoms with Gasteiger partial charge >= 0.3 is 5.97 Å². The van der Waals surface area contributed by atoms with E-state index in [1.54, 1.807) is 24.7 Å². The number of phenols is 1. The fourth-order valence-electron chi connectivity index (χ4n) is 3.14. The van der Waals surface area contributed by atoms with E-state index in [4.69, 9.17) is 14.6 Å². The lowest BCUT2D eigenvalue weighted by molar-refractivity contribution is -0.243. The average Bonchev–Trinajstić information content (AvgIpc) is 3.15. The van der Waals surface area contributed by atoms with Crippen LogP contribution in [-0.4, -0.2) is 38.6 Å². The van der Waals surface area contributed by atoms with Gasteiger partial charge in [-0.2, -0.15) is 0 Å². The summed E-state index contributed by atoms with van der Waals surface area (Å²) in [5.41, 5.74) is 0.736. The Labute approximate surface area is 157 Å². The van der Waals surface area contributed by atoms with Crippen LogP contribution in [0.5, 0.6) is 5.75 Å². The molecule has 0 bridgehead atoms. The molecule has 1 saturated heterocycles. The van der Waals surface area contributed by atoms with Gasteiger partial charge in [-0.3, -0.25) is 4.79 Å². The second-order valence-corrected chi connectivity index (χ2v) is 6.54. The summed E-state index contributed by atoms with van der Waals surface area (Å²) in [6.07, 6.45) is 9.63. The second-order valence-electron chi connectivity index (χ2n) is 6.54. The second kappa shape index (κ2) is 9.34. The molecule has 7 nitrogen and oxygen atoms in total. The third-order valence-electron chi connectivity index (χ3n) is 4.52. The number of carboxylic acid groups (broad SMARTS) is 1. The van der Waals surface area contributed by atoms with Crippen LogP contribution in [0.1, 0.15) is 30.9 Å². The molecule has 0 aliphatic carbocycles. The first-order valence-corrected chi connectivity index (χ1v) is 9.01. The summed E-state index contributed by atoms with van der Waals surface area (Å²) < 4.78 is 13.9. The number of carboxylic acids is 1. The van der Waals surface area contributed by atoms with E-state index in [2.05, 4.69) is 4.98 Å². The van der Waals surface area contributed by atoms with Crippen molar-refractivity contribution in [2.45, 2.75) is 38.2 Å². The van der Waals surface area contributed by atoms with Gasteiger partial charge < -0.3 is 24.3 Å². The molecular weight excluding hydrogens is 348 g/mol. The third kappa shape index (κ3) is 5.42. The highest BCUT2D eigenvalue weighted by atomic mass is 16.7. The smallest absolute Gasteiger partial charge is 0.303 e. The number of para-hydroxylation sites is 1. The maximum Gasteiger partial charge on any atom is 0.303 e. The predicted molar refractivity (Wildman–Crippen MR) is 98.0 cm³/mol. The van der Waals surface area contributed by atoms with Gasteiger partial charge in [0.05, 0.1) is 25.6 Å². The van der Waals surface area contributed by atoms with Gasteiger partial charge in [-0.05, 0) is 18.9 Å². The zero-order chi connectivity index (χ0) is 19.1. The first kappa shape index (κ1) is 19.1. The number of ether oxygens (including phenoxy) is 2. The Kier molecular flexibility index (Phi) is 6.62. The molecule has 2 aromatic rings. The van der Waals surface area contributed by atoms with Crippen molar-refractivity contribution in [1.82, 2.24) is 9.55 Å². The fraction of sp³-hybridized carbons (Fsp3) is 0.400. The van der Waals surface area contributed by atoms with Crippen molar-refractivity contribution in [2.75, 3.05) is 6.61 Å². The van der Waals surface area contributed by atoms with E-state index in [0.29, 0.717) is 26.0 Å². The minimum atomic E-state index is -0.807. The van der Waals surface area contributed by atoms with Crippen LogP contribution in [0.15, 0.2) is 55.1 Å². The average molecular weight is 372 g/mol. The van der Waals surface area contributed by atoms with E-state index in [1.807, 2.05) is 35.0 Å². The van der Waals surface area contributed by atoms with Crippen LogP contribution in [0.2, 0.25) is 0 Å². The van der Waals surface area contributed by atoms with Gasteiger partial charge in [0.1, 0.15) is 5.75 Å². The van der Waals surface area contributed by atoms with Crippen molar-refractivity contribution in [3.63, 3.8) is 0 Å². The number of aliphatic carboxylic acids is 1. The molecule has 0 spiro atoms. The van der Waals surface area contributed by atoms with E-state index in [-0.39, 0.29) is 24.2 Å². The molecule has 1 aliphatic rings. The number of carbonyl (C=O) groups is 1. The summed E-state index contributed by atoms with van der Waals surface area (Å²) in [6.45, 7) is 1.01. The maximum absolute atomic E-state index is 10.6. The summed E-state index contributed by atoms with van der Waals surface area (Å²) in [5, 5.41) is 19.0. The lowest BCUT2D eigenvalue weighted by Crippen LogP contribution is -2.37. The van der Waals surface area contributed by atoms with Gasteiger partial charge in [-0.1, -0.05) is 30.4 Å². The molecular formula is C20H24N2O5. The Morgan fingerprint density at radius 1 is 1.33 bits per heavy atom. The van der Waals surface area contributed by atoms with E-state index in [9.17, 15) is 9.90 Å². The van der Waals surface area contributed by atoms with Crippen LogP contribution < -0.4 is 0 Å². The molecule has 3 rings (SSSR count). The minimum absolute atomic E-state index is 0.0263. The summed E-state index contributed by atoms with van der Waals surface area (Å²) in [6, 6.07) is 7.17. The van der Waals surface area contributed by atoms with Crippen molar-refractivity contribution < 1.29 is 24.5 Å². The van der Waals surface area contributed by atoms with E-state index >= 15 is 0 Å². The van der Waals surface area contributed by atoms with E-state index < -0.39 is 12.3 Å². The zero-order valence-electron chi connectivity index (χ0n) is 15.0. The summed E-state index contributed by atoms with van der Waals surface area (Å²) in [4.78, 5) is 14.6. The van der Waals surface area contributed by atoms with Gasteiger partial charge in [0, 0.05) is 30.3 Å². The molecule has 0 radical (unpaired) electrons. The Balaban J connectivity index is 1.68. The van der Waals surface area contributed by atoms with Crippen LogP contribution in [0.4, 0.5) is 0 Å². The van der Waals surface area contributed by atoms with Crippen molar-refractivity contribution in [2.24, 2.45) is 5.92 Å². The van der Waals surface area contributed by atoms with Crippen LogP contribution in [0.25, 0.3) is 0 Å². The van der Waals surface area contributed by atoms with Crippen molar-refractivity contribution in [3.8, 4) is 5.75 Å². The Morgan fingerprint density at radius 2 is 2.19 bits per heavy atom. The molecule has 7 heteroatoms. The lowest BCUT2D eigenvalue weighted by Gasteiger charge is -2.37. The predicted octanol–water partition coefficient (Wildman–Crippen LogP) is 3.13. The highest BCUT2D eigenvalue weighted by molar-refractivity contribution is 5.66. The third-order valence-corrected chi connectivity index (χ3v) is 4.52. The zero-order valence-corrected chi connectivity index (χ0v) is 15.0. The first-order chi connectivity index (χ1) is 13.1. The summed E-state index contributed by atoms with van der Waals surface area (Å²) in [5.74, 6) is -0.581. The molecule has 2 heterocycles. The largest absolute Gasteiger partial charge is 0.508 e. The molecule has 0 amide bonds. The topological polar surface area (TPSA) is 93.8 Å². The number of allylic oxidation sites excluding steroid dienone is 2. The van der Waals surface area contributed by atoms with Gasteiger partial charge in [0.25, 0.3) is 0 Å². The summed E-state index contributed by atoms with van der Waals surface area (Å²) >= 11 is 0. The number of imidazole rings is 1. The first-order valence-electron chi connectivity index (χ1n) is 9.01. The number of phenolic OH excluding ortho intramolecular Hbond substituents is 1. The molecule has 144 valence electrons. The number of hydrogen-bond acceptors (Lipinski definition) is 5. The molecule has 0 unspecified atom stereocenters. The number of rotatable bonds is 8. The fourth-order valence-corrected chi connectivity index (χ4v) is 3.14. The van der Waals surface area contributed by atoms with Crippen LogP contribution in [0, 0.1) is 5.92 Å². The van der Waals surface area contributed by atoms with Gasteiger partial charge in [-0.15, -0.1) is 0 Å². The van der Waals surface area contributed by atoms with Crippen molar-refractivity contribution >= 4 is 5.97 Å². The minimum Gasteiger partial charge on any atom is -0.508 e. The standard InChI is InChI=1S/C20H24N2O5/c23-17-8-5-4-7-16(17)20-15(6-2-1-3-9-18(24)25)13-26-19(27-20)12-22-11-10-21-14-22/h1-2,4-5,7-8,10-11,14-15,19-20,23H,3,6,9,12-13H2,(H,24,25)/b2-1+/t15-,19+,20+/m1/s1. The Hall–Kier alpha value is -2.64. The molecule has 3 atom stereocenters. The highest BCUT2D eigenvalue weighted by Crippen LogP contribution is 2.38. The Morgan fingerprint density at radius 3 is 2.93 bits per heavy atom. The van der Waals surface area contributed by atoms with Gasteiger partial charge in [-0.25, -0.2) is 4.98 Å². The normalized spacial score (nSPS) is 22.9. The maximum atomic E-state index is 10.6. The van der Waals surface area contributed by atoms with Gasteiger partial charge in [0.2, 0.25) is 0 Å². The van der Waals surface area contributed by atoms with Crippen molar-refractivity contribution in [3.05, 3.63) is 60.7 Å². The number of benzene rings is 1. The number of aromatic nitrogens is 2. The monoisotopic (exact) mass is 372 g/mol. The quantitative estimate of drug-likeness (QED) is 0.692. The van der Waals surface area contributed by atoms with Crippen molar-refractivity contribution in [1.29, 1.82) is 0 Å². The van der Waals surface area contributed by atoms with Crippen LogP contribution in [0.3, 0.4) is 0 Å². The summed E-state index contributed by atoms with van der Waals surface area (Å²) in [7, 11) is 0. The Bertz CT molecular complexity index is 759. The number of hydrogen-bond donors (Lipinski definition) is 2. The SMILES string of the molecule is O=C(O)CC/C=C/C[C@@H]1CO[C@H](Cn2ccnc2)O[C@@H]1c1ccccc1O.